The lowest BCUT2D eigenvalue weighted by atomic mass is 9.82. The lowest BCUT2D eigenvalue weighted by Gasteiger charge is -2.34. The maximum Gasteiger partial charge on any atom is 0.223 e. The van der Waals surface area contributed by atoms with Crippen LogP contribution >= 0.6 is 11.6 Å². The van der Waals surface area contributed by atoms with Gasteiger partial charge in [-0.15, -0.1) is 11.6 Å². The van der Waals surface area contributed by atoms with Gasteiger partial charge < -0.3 is 5.32 Å². The summed E-state index contributed by atoms with van der Waals surface area (Å²) < 4.78 is 0. The van der Waals surface area contributed by atoms with Crippen LogP contribution in [0.25, 0.3) is 0 Å². The second-order valence-electron chi connectivity index (χ2n) is 6.92. The molecule has 2 nitrogen and oxygen atoms in total. The highest BCUT2D eigenvalue weighted by molar-refractivity contribution is 6.17. The monoisotopic (exact) mass is 275 g/mol. The third kappa shape index (κ3) is 5.60. The lowest BCUT2D eigenvalue weighted by Crippen LogP contribution is -2.48. The van der Waals surface area contributed by atoms with Gasteiger partial charge in [-0.2, -0.15) is 0 Å². The number of carbonyl (C=O) groups excluding carboxylic acids is 1. The van der Waals surface area contributed by atoms with Crippen molar-refractivity contribution in [3.63, 3.8) is 0 Å². The van der Waals surface area contributed by atoms with Gasteiger partial charge in [0.25, 0.3) is 0 Å². The van der Waals surface area contributed by atoms with E-state index in [0.717, 1.165) is 6.42 Å². The molecule has 0 rings (SSSR count). The maximum absolute atomic E-state index is 12.4. The minimum atomic E-state index is 0.0447. The van der Waals surface area contributed by atoms with Gasteiger partial charge in [0, 0.05) is 17.8 Å². The summed E-state index contributed by atoms with van der Waals surface area (Å²) in [6, 6.07) is 0.141. The van der Waals surface area contributed by atoms with E-state index in [9.17, 15) is 4.79 Å². The number of nitrogens with one attached hydrogen (secondary N) is 1. The Balaban J connectivity index is 4.77. The molecule has 0 heterocycles. The minimum absolute atomic E-state index is 0.0447. The summed E-state index contributed by atoms with van der Waals surface area (Å²) >= 11 is 5.84. The number of amides is 1. The molecule has 0 bridgehead atoms. The van der Waals surface area contributed by atoms with Gasteiger partial charge in [-0.05, 0) is 23.7 Å². The summed E-state index contributed by atoms with van der Waals surface area (Å²) in [6.45, 7) is 14.9. The standard InChI is InChI=1S/C15H30ClNO/c1-10(2)13(11(3)4)14(18)17-12(8-9-16)15(5,6)7/h10-13H,8-9H2,1-7H3,(H,17,18). The van der Waals surface area contributed by atoms with Crippen LogP contribution in [0.5, 0.6) is 0 Å². The van der Waals surface area contributed by atoms with E-state index in [-0.39, 0.29) is 23.3 Å². The first kappa shape index (κ1) is 17.8. The normalized spacial score (nSPS) is 14.4. The molecule has 1 unspecified atom stereocenters. The summed E-state index contributed by atoms with van der Waals surface area (Å²) in [7, 11) is 0. The molecule has 1 amide bonds. The number of alkyl halides is 1. The fourth-order valence-electron chi connectivity index (χ4n) is 2.47. The second-order valence-corrected chi connectivity index (χ2v) is 7.30. The first-order valence-electron chi connectivity index (χ1n) is 6.97. The van der Waals surface area contributed by atoms with Crippen LogP contribution in [0.15, 0.2) is 0 Å². The molecule has 0 aromatic heterocycles. The minimum Gasteiger partial charge on any atom is -0.353 e. The number of halogens is 1. The van der Waals surface area contributed by atoms with Gasteiger partial charge in [0.2, 0.25) is 5.91 Å². The van der Waals surface area contributed by atoms with Crippen molar-refractivity contribution in [3.05, 3.63) is 0 Å². The van der Waals surface area contributed by atoms with Gasteiger partial charge in [-0.1, -0.05) is 48.5 Å². The van der Waals surface area contributed by atoms with Crippen LogP contribution in [0, 0.1) is 23.2 Å². The highest BCUT2D eigenvalue weighted by Crippen LogP contribution is 2.25. The lowest BCUT2D eigenvalue weighted by molar-refractivity contribution is -0.129. The highest BCUT2D eigenvalue weighted by atomic mass is 35.5. The molecule has 0 aromatic rings. The Morgan fingerprint density at radius 1 is 1.11 bits per heavy atom. The molecule has 0 aliphatic heterocycles. The van der Waals surface area contributed by atoms with E-state index in [1.54, 1.807) is 0 Å². The SMILES string of the molecule is CC(C)C(C(=O)NC(CCCl)C(C)(C)C)C(C)C. The third-order valence-corrected chi connectivity index (χ3v) is 3.72. The second kappa shape index (κ2) is 7.37. The van der Waals surface area contributed by atoms with Crippen LogP contribution < -0.4 is 5.32 Å². The van der Waals surface area contributed by atoms with Crippen LogP contribution in [0.3, 0.4) is 0 Å². The Morgan fingerprint density at radius 2 is 1.56 bits per heavy atom. The molecule has 18 heavy (non-hydrogen) atoms. The molecule has 1 N–H and O–H groups in total. The van der Waals surface area contributed by atoms with Gasteiger partial charge in [0.1, 0.15) is 0 Å². The van der Waals surface area contributed by atoms with Gasteiger partial charge >= 0.3 is 0 Å². The molecule has 0 fully saturated rings. The third-order valence-electron chi connectivity index (χ3n) is 3.50. The first-order chi connectivity index (χ1) is 8.11. The average molecular weight is 276 g/mol. The molecule has 1 atom stereocenters. The Kier molecular flexibility index (Phi) is 7.28. The molecule has 0 saturated carbocycles. The molecule has 3 heteroatoms. The average Bonchev–Trinajstić information content (AvgIpc) is 2.13. The van der Waals surface area contributed by atoms with E-state index < -0.39 is 0 Å². The van der Waals surface area contributed by atoms with Crippen LogP contribution in [0.1, 0.15) is 54.9 Å². The van der Waals surface area contributed by atoms with E-state index >= 15 is 0 Å². The van der Waals surface area contributed by atoms with Crippen molar-refractivity contribution < 1.29 is 4.79 Å². The van der Waals surface area contributed by atoms with E-state index in [0.29, 0.717) is 17.7 Å². The Morgan fingerprint density at radius 3 is 1.83 bits per heavy atom. The molecular formula is C15H30ClNO. The fourth-order valence-corrected chi connectivity index (χ4v) is 2.69. The number of rotatable bonds is 6. The Labute approximate surface area is 118 Å². The highest BCUT2D eigenvalue weighted by Gasteiger charge is 2.31. The Bertz CT molecular complexity index is 248. The van der Waals surface area contributed by atoms with Crippen LogP contribution in [-0.2, 0) is 4.79 Å². The van der Waals surface area contributed by atoms with Gasteiger partial charge in [0.05, 0.1) is 0 Å². The predicted molar refractivity (Wildman–Crippen MR) is 79.9 cm³/mol. The zero-order chi connectivity index (χ0) is 14.5. The number of hydrogen-bond donors (Lipinski definition) is 1. The first-order valence-corrected chi connectivity index (χ1v) is 7.51. The largest absolute Gasteiger partial charge is 0.353 e. The van der Waals surface area contributed by atoms with Crippen LogP contribution in [0.4, 0.5) is 0 Å². The van der Waals surface area contributed by atoms with Crippen molar-refractivity contribution in [1.82, 2.24) is 5.32 Å². The van der Waals surface area contributed by atoms with Crippen molar-refractivity contribution in [3.8, 4) is 0 Å². The summed E-state index contributed by atoms with van der Waals surface area (Å²) in [4.78, 5) is 12.4. The van der Waals surface area contributed by atoms with Gasteiger partial charge in [0.15, 0.2) is 0 Å². The summed E-state index contributed by atoms with van der Waals surface area (Å²) in [5.74, 6) is 1.55. The molecular weight excluding hydrogens is 246 g/mol. The van der Waals surface area contributed by atoms with E-state index in [1.165, 1.54) is 0 Å². The zero-order valence-electron chi connectivity index (χ0n) is 13.0. The van der Waals surface area contributed by atoms with Crippen molar-refractivity contribution in [2.45, 2.75) is 60.9 Å². The van der Waals surface area contributed by atoms with Gasteiger partial charge in [-0.25, -0.2) is 0 Å². The molecule has 0 radical (unpaired) electrons. The summed E-state index contributed by atoms with van der Waals surface area (Å²) in [5, 5.41) is 3.20. The molecule has 0 spiro atoms. The molecule has 0 aliphatic rings. The molecule has 0 aromatic carbocycles. The fraction of sp³-hybridized carbons (Fsp3) is 0.933. The summed E-state index contributed by atoms with van der Waals surface area (Å²) in [6.07, 6.45) is 0.819. The van der Waals surface area contributed by atoms with Crippen LogP contribution in [0.2, 0.25) is 0 Å². The van der Waals surface area contributed by atoms with Gasteiger partial charge in [-0.3, -0.25) is 4.79 Å². The Hall–Kier alpha value is -0.240. The molecule has 0 aliphatic carbocycles. The summed E-state index contributed by atoms with van der Waals surface area (Å²) in [5.41, 5.74) is 0.0447. The quantitative estimate of drug-likeness (QED) is 0.728. The molecule has 108 valence electrons. The number of hydrogen-bond acceptors (Lipinski definition) is 1. The van der Waals surface area contributed by atoms with E-state index in [1.807, 2.05) is 0 Å². The zero-order valence-corrected chi connectivity index (χ0v) is 13.8. The maximum atomic E-state index is 12.4. The van der Waals surface area contributed by atoms with Crippen molar-refractivity contribution in [2.24, 2.45) is 23.2 Å². The number of carbonyl (C=O) groups is 1. The van der Waals surface area contributed by atoms with E-state index in [2.05, 4.69) is 53.8 Å². The molecule has 0 saturated heterocycles. The predicted octanol–water partition coefficient (Wildman–Crippen LogP) is 4.07. The van der Waals surface area contributed by atoms with Crippen molar-refractivity contribution in [1.29, 1.82) is 0 Å². The van der Waals surface area contributed by atoms with Crippen LogP contribution in [-0.4, -0.2) is 17.8 Å². The topological polar surface area (TPSA) is 29.1 Å². The van der Waals surface area contributed by atoms with Crippen molar-refractivity contribution in [2.75, 3.05) is 5.88 Å². The van der Waals surface area contributed by atoms with Crippen molar-refractivity contribution >= 4 is 17.5 Å². The van der Waals surface area contributed by atoms with E-state index in [4.69, 9.17) is 11.6 Å². The smallest absolute Gasteiger partial charge is 0.223 e.